The minimum absolute atomic E-state index is 0.270. The molecule has 0 radical (unpaired) electrons. The quantitative estimate of drug-likeness (QED) is 0.700. The van der Waals surface area contributed by atoms with Crippen molar-refractivity contribution in [1.82, 2.24) is 0 Å². The summed E-state index contributed by atoms with van der Waals surface area (Å²) in [4.78, 5) is 0. The molecule has 0 aliphatic heterocycles. The molecule has 86 valence electrons. The SMILES string of the molecule is CC(C)(O)C12CCC3C[C@H](C[C@H](C3)C1)C2. The lowest BCUT2D eigenvalue weighted by Gasteiger charge is -2.51. The van der Waals surface area contributed by atoms with Crippen LogP contribution in [0.15, 0.2) is 0 Å². The van der Waals surface area contributed by atoms with E-state index in [2.05, 4.69) is 13.8 Å². The van der Waals surface area contributed by atoms with Gasteiger partial charge in [0.15, 0.2) is 0 Å². The number of fused-ring (bicyclic) bond motifs is 1. The van der Waals surface area contributed by atoms with Crippen LogP contribution < -0.4 is 0 Å². The van der Waals surface area contributed by atoms with E-state index in [4.69, 9.17) is 0 Å². The van der Waals surface area contributed by atoms with Crippen molar-refractivity contribution in [2.75, 3.05) is 0 Å². The molecule has 0 heterocycles. The Morgan fingerprint density at radius 2 is 1.53 bits per heavy atom. The van der Waals surface area contributed by atoms with Crippen molar-refractivity contribution < 1.29 is 5.11 Å². The van der Waals surface area contributed by atoms with Crippen LogP contribution >= 0.6 is 0 Å². The summed E-state index contributed by atoms with van der Waals surface area (Å²) in [7, 11) is 0. The Kier molecular flexibility index (Phi) is 2.03. The van der Waals surface area contributed by atoms with Crippen LogP contribution in [0.2, 0.25) is 0 Å². The summed E-state index contributed by atoms with van der Waals surface area (Å²) in [6.07, 6.45) is 9.69. The normalized spacial score (nSPS) is 49.4. The van der Waals surface area contributed by atoms with Crippen LogP contribution in [-0.2, 0) is 0 Å². The standard InChI is InChI=1S/C14H24O/c1-13(2,15)14-4-3-10-5-11(8-14)7-12(6-10)9-14/h10-12,15H,3-9H2,1-2H3/t10?,11-,12+,14?. The average Bonchev–Trinajstić information content (AvgIpc) is 2.30. The van der Waals surface area contributed by atoms with Gasteiger partial charge in [-0.2, -0.15) is 0 Å². The molecule has 4 aliphatic carbocycles. The first-order valence-electron chi connectivity index (χ1n) is 6.71. The molecular formula is C14H24O. The van der Waals surface area contributed by atoms with E-state index < -0.39 is 5.60 Å². The third-order valence-electron chi connectivity index (χ3n) is 5.69. The first-order valence-corrected chi connectivity index (χ1v) is 6.71. The maximum atomic E-state index is 10.5. The summed E-state index contributed by atoms with van der Waals surface area (Å²) in [6, 6.07) is 0. The zero-order chi connectivity index (χ0) is 10.7. The number of hydrogen-bond donors (Lipinski definition) is 1. The fraction of sp³-hybridized carbons (Fsp3) is 1.00. The van der Waals surface area contributed by atoms with Gasteiger partial charge in [-0.25, -0.2) is 0 Å². The molecule has 4 atom stereocenters. The highest BCUT2D eigenvalue weighted by Crippen LogP contribution is 2.60. The Bertz CT molecular complexity index is 249. The Balaban J connectivity index is 1.97. The summed E-state index contributed by atoms with van der Waals surface area (Å²) in [6.45, 7) is 4.11. The van der Waals surface area contributed by atoms with Crippen LogP contribution in [0.3, 0.4) is 0 Å². The van der Waals surface area contributed by atoms with Gasteiger partial charge in [-0.05, 0) is 82.0 Å². The molecule has 4 fully saturated rings. The molecule has 1 heteroatoms. The van der Waals surface area contributed by atoms with E-state index in [1.165, 1.54) is 44.9 Å². The second kappa shape index (κ2) is 3.00. The molecule has 1 nitrogen and oxygen atoms in total. The van der Waals surface area contributed by atoms with Crippen molar-refractivity contribution in [2.45, 2.75) is 64.4 Å². The fourth-order valence-corrected chi connectivity index (χ4v) is 4.95. The molecule has 0 spiro atoms. The predicted molar refractivity (Wildman–Crippen MR) is 61.5 cm³/mol. The van der Waals surface area contributed by atoms with Gasteiger partial charge in [0.25, 0.3) is 0 Å². The Morgan fingerprint density at radius 1 is 1.00 bits per heavy atom. The Labute approximate surface area is 93.3 Å². The van der Waals surface area contributed by atoms with Crippen LogP contribution in [-0.4, -0.2) is 10.7 Å². The number of hydrogen-bond acceptors (Lipinski definition) is 1. The Morgan fingerprint density at radius 3 is 2.07 bits per heavy atom. The molecule has 0 amide bonds. The largest absolute Gasteiger partial charge is 0.390 e. The van der Waals surface area contributed by atoms with Crippen LogP contribution in [0, 0.1) is 23.2 Å². The molecule has 4 bridgehead atoms. The molecular weight excluding hydrogens is 184 g/mol. The maximum Gasteiger partial charge on any atom is 0.0647 e. The molecule has 4 rings (SSSR count). The smallest absolute Gasteiger partial charge is 0.0647 e. The molecule has 2 unspecified atom stereocenters. The first kappa shape index (κ1) is 10.1. The lowest BCUT2D eigenvalue weighted by Crippen LogP contribution is -2.48. The van der Waals surface area contributed by atoms with Crippen LogP contribution in [0.5, 0.6) is 0 Å². The van der Waals surface area contributed by atoms with Gasteiger partial charge < -0.3 is 5.11 Å². The van der Waals surface area contributed by atoms with Gasteiger partial charge in [0, 0.05) is 0 Å². The second-order valence-corrected chi connectivity index (χ2v) is 7.09. The third-order valence-corrected chi connectivity index (χ3v) is 5.69. The van der Waals surface area contributed by atoms with E-state index >= 15 is 0 Å². The van der Waals surface area contributed by atoms with Crippen molar-refractivity contribution >= 4 is 0 Å². The van der Waals surface area contributed by atoms with E-state index in [-0.39, 0.29) is 5.41 Å². The topological polar surface area (TPSA) is 20.2 Å². The van der Waals surface area contributed by atoms with Crippen LogP contribution in [0.1, 0.15) is 58.8 Å². The highest BCUT2D eigenvalue weighted by molar-refractivity contribution is 5.04. The molecule has 4 saturated carbocycles. The highest BCUT2D eigenvalue weighted by Gasteiger charge is 2.53. The van der Waals surface area contributed by atoms with E-state index in [0.717, 1.165) is 17.8 Å². The van der Waals surface area contributed by atoms with Crippen LogP contribution in [0.4, 0.5) is 0 Å². The van der Waals surface area contributed by atoms with Gasteiger partial charge in [-0.1, -0.05) is 0 Å². The first-order chi connectivity index (χ1) is 6.98. The lowest BCUT2D eigenvalue weighted by molar-refractivity contribution is -0.102. The monoisotopic (exact) mass is 208 g/mol. The van der Waals surface area contributed by atoms with Crippen molar-refractivity contribution in [3.05, 3.63) is 0 Å². The van der Waals surface area contributed by atoms with Crippen molar-refractivity contribution in [3.8, 4) is 0 Å². The van der Waals surface area contributed by atoms with Gasteiger partial charge in [0.2, 0.25) is 0 Å². The maximum absolute atomic E-state index is 10.5. The molecule has 0 aromatic rings. The summed E-state index contributed by atoms with van der Waals surface area (Å²) in [5.74, 6) is 2.88. The Hall–Kier alpha value is -0.0400. The molecule has 15 heavy (non-hydrogen) atoms. The third kappa shape index (κ3) is 1.46. The zero-order valence-electron chi connectivity index (χ0n) is 10.1. The number of aliphatic hydroxyl groups is 1. The van der Waals surface area contributed by atoms with E-state index in [0.29, 0.717) is 0 Å². The molecule has 0 aromatic heterocycles. The lowest BCUT2D eigenvalue weighted by atomic mass is 9.56. The van der Waals surface area contributed by atoms with Gasteiger partial charge in [-0.15, -0.1) is 0 Å². The second-order valence-electron chi connectivity index (χ2n) is 7.09. The molecule has 0 saturated heterocycles. The van der Waals surface area contributed by atoms with Gasteiger partial charge in [0.05, 0.1) is 5.60 Å². The van der Waals surface area contributed by atoms with Gasteiger partial charge in [-0.3, -0.25) is 0 Å². The summed E-state index contributed by atoms with van der Waals surface area (Å²) in [5.41, 5.74) is -0.186. The minimum Gasteiger partial charge on any atom is -0.390 e. The van der Waals surface area contributed by atoms with Crippen LogP contribution in [0.25, 0.3) is 0 Å². The van der Waals surface area contributed by atoms with Crippen molar-refractivity contribution in [1.29, 1.82) is 0 Å². The van der Waals surface area contributed by atoms with Gasteiger partial charge >= 0.3 is 0 Å². The number of rotatable bonds is 1. The van der Waals surface area contributed by atoms with E-state index in [1.807, 2.05) is 0 Å². The summed E-state index contributed by atoms with van der Waals surface area (Å²) in [5, 5.41) is 10.5. The average molecular weight is 208 g/mol. The predicted octanol–water partition coefficient (Wildman–Crippen LogP) is 3.36. The van der Waals surface area contributed by atoms with E-state index in [9.17, 15) is 5.11 Å². The van der Waals surface area contributed by atoms with Gasteiger partial charge in [0.1, 0.15) is 0 Å². The minimum atomic E-state index is -0.455. The molecule has 1 N–H and O–H groups in total. The van der Waals surface area contributed by atoms with Crippen molar-refractivity contribution in [2.24, 2.45) is 23.2 Å². The molecule has 0 aromatic carbocycles. The highest BCUT2D eigenvalue weighted by atomic mass is 16.3. The van der Waals surface area contributed by atoms with E-state index in [1.54, 1.807) is 0 Å². The zero-order valence-corrected chi connectivity index (χ0v) is 10.1. The molecule has 4 aliphatic rings. The summed E-state index contributed by atoms with van der Waals surface area (Å²) < 4.78 is 0. The van der Waals surface area contributed by atoms with Crippen molar-refractivity contribution in [3.63, 3.8) is 0 Å². The fourth-order valence-electron chi connectivity index (χ4n) is 4.95. The summed E-state index contributed by atoms with van der Waals surface area (Å²) >= 11 is 0.